The first-order valence-corrected chi connectivity index (χ1v) is 12.4. The van der Waals surface area contributed by atoms with Gasteiger partial charge in [-0.05, 0) is 12.1 Å². The molecule has 176 valence electrons. The number of rotatable bonds is 20. The average molecular weight is 516 g/mol. The van der Waals surface area contributed by atoms with Crippen LogP contribution in [0.2, 0.25) is 0 Å². The molecule has 3 atom stereocenters. The highest BCUT2D eigenvalue weighted by Crippen LogP contribution is 2.44. The van der Waals surface area contributed by atoms with Crippen LogP contribution < -0.4 is 4.74 Å². The number of ether oxygens (including phenoxy) is 3. The van der Waals surface area contributed by atoms with Crippen molar-refractivity contribution < 1.29 is 27.8 Å². The van der Waals surface area contributed by atoms with Crippen molar-refractivity contribution >= 4 is 43.4 Å². The van der Waals surface area contributed by atoms with Crippen LogP contribution in [-0.2, 0) is 23.0 Å². The minimum Gasteiger partial charge on any atom is -0.491 e. The third-order valence-corrected chi connectivity index (χ3v) is 5.92. The van der Waals surface area contributed by atoms with E-state index in [0.29, 0.717) is 19.0 Å². The molecule has 31 heavy (non-hydrogen) atoms. The lowest BCUT2D eigenvalue weighted by Crippen LogP contribution is -2.28. The summed E-state index contributed by atoms with van der Waals surface area (Å²) in [6, 6.07) is 9.37. The quantitative estimate of drug-likeness (QED) is 0.0979. The topological polar surface area (TPSA) is 55.4 Å². The molecule has 6 nitrogen and oxygen atoms in total. The second-order valence-corrected chi connectivity index (χ2v) is 8.15. The van der Waals surface area contributed by atoms with Crippen molar-refractivity contribution in [2.45, 2.75) is 18.3 Å². The molecular formula is C21H30Cl3O6P. The minimum absolute atomic E-state index is 0.176. The normalized spacial score (nSPS) is 15.1. The summed E-state index contributed by atoms with van der Waals surface area (Å²) in [6.45, 7) is 8.73. The van der Waals surface area contributed by atoms with E-state index in [1.54, 1.807) is 12.2 Å². The fourth-order valence-electron chi connectivity index (χ4n) is 2.02. The van der Waals surface area contributed by atoms with Gasteiger partial charge in [0.2, 0.25) is 0 Å². The molecule has 0 fully saturated rings. The fraction of sp³-hybridized carbons (Fsp3) is 0.524. The first kappa shape index (κ1) is 28.6. The number of benzene rings is 1. The van der Waals surface area contributed by atoms with E-state index >= 15 is 0 Å². The van der Waals surface area contributed by atoms with Gasteiger partial charge in [0.25, 0.3) is 0 Å². The van der Waals surface area contributed by atoms with Crippen LogP contribution in [0.25, 0.3) is 0 Å². The van der Waals surface area contributed by atoms with E-state index in [9.17, 15) is 0 Å². The summed E-state index contributed by atoms with van der Waals surface area (Å²) >= 11 is 18.2. The van der Waals surface area contributed by atoms with Crippen LogP contribution >= 0.6 is 43.4 Å². The van der Waals surface area contributed by atoms with Crippen LogP contribution in [0, 0.1) is 0 Å². The van der Waals surface area contributed by atoms with E-state index in [4.69, 9.17) is 62.6 Å². The molecule has 0 aliphatic carbocycles. The summed E-state index contributed by atoms with van der Waals surface area (Å²) < 4.78 is 34.5. The van der Waals surface area contributed by atoms with Crippen LogP contribution in [0.15, 0.2) is 55.6 Å². The number of para-hydroxylation sites is 1. The number of hydrogen-bond donors (Lipinski definition) is 0. The van der Waals surface area contributed by atoms with E-state index in [1.165, 1.54) is 0 Å². The van der Waals surface area contributed by atoms with Crippen molar-refractivity contribution in [3.63, 3.8) is 0 Å². The molecule has 0 radical (unpaired) electrons. The van der Waals surface area contributed by atoms with Gasteiger partial charge in [-0.1, -0.05) is 30.4 Å². The van der Waals surface area contributed by atoms with Gasteiger partial charge in [-0.25, -0.2) is 0 Å². The third kappa shape index (κ3) is 13.7. The first-order chi connectivity index (χ1) is 15.2. The molecule has 0 bridgehead atoms. The highest BCUT2D eigenvalue weighted by molar-refractivity contribution is 7.41. The highest BCUT2D eigenvalue weighted by Gasteiger charge is 2.27. The summed E-state index contributed by atoms with van der Waals surface area (Å²) in [5.41, 5.74) is 0. The van der Waals surface area contributed by atoms with Gasteiger partial charge in [0.15, 0.2) is 0 Å². The van der Waals surface area contributed by atoms with Crippen molar-refractivity contribution in [1.29, 1.82) is 0 Å². The van der Waals surface area contributed by atoms with Gasteiger partial charge in [-0.3, -0.25) is 0 Å². The summed E-state index contributed by atoms with van der Waals surface area (Å²) in [6.07, 6.45) is 1.90. The van der Waals surface area contributed by atoms with Crippen LogP contribution in [-0.4, -0.2) is 69.0 Å². The summed E-state index contributed by atoms with van der Waals surface area (Å²) in [7, 11) is -1.86. The number of alkyl halides is 3. The summed E-state index contributed by atoms with van der Waals surface area (Å²) in [4.78, 5) is 0. The molecule has 0 heterocycles. The predicted octanol–water partition coefficient (Wildman–Crippen LogP) is 5.57. The molecule has 1 aromatic rings. The molecule has 1 rings (SSSR count). The zero-order valence-corrected chi connectivity index (χ0v) is 20.5. The average Bonchev–Trinajstić information content (AvgIpc) is 2.80. The Hall–Kier alpha value is -0.400. The van der Waals surface area contributed by atoms with Crippen LogP contribution in [0.5, 0.6) is 5.75 Å². The Morgan fingerprint density at radius 2 is 1.19 bits per heavy atom. The highest BCUT2D eigenvalue weighted by atomic mass is 35.5. The lowest BCUT2D eigenvalue weighted by molar-refractivity contribution is 0.0139. The van der Waals surface area contributed by atoms with E-state index < -0.39 is 26.9 Å². The predicted molar refractivity (Wildman–Crippen MR) is 128 cm³/mol. The lowest BCUT2D eigenvalue weighted by Gasteiger charge is -2.27. The molecule has 0 saturated heterocycles. The molecule has 0 aromatic heterocycles. The molecule has 0 spiro atoms. The van der Waals surface area contributed by atoms with Crippen LogP contribution in [0.3, 0.4) is 0 Å². The maximum Gasteiger partial charge on any atom is 0.333 e. The van der Waals surface area contributed by atoms with Crippen LogP contribution in [0.1, 0.15) is 0 Å². The van der Waals surface area contributed by atoms with Crippen molar-refractivity contribution in [2.24, 2.45) is 0 Å². The van der Waals surface area contributed by atoms with Crippen LogP contribution in [0.4, 0.5) is 0 Å². The molecule has 0 aliphatic heterocycles. The fourth-order valence-corrected chi connectivity index (χ4v) is 4.03. The molecular weight excluding hydrogens is 486 g/mol. The molecule has 10 heteroatoms. The Morgan fingerprint density at radius 1 is 0.742 bits per heavy atom. The molecule has 0 aliphatic rings. The molecule has 1 aromatic carbocycles. The SMILES string of the molecule is C=CCOCC(CCl)OP(OC(CCl)COCC=C)OC(CCl)COc1ccccc1. The van der Waals surface area contributed by atoms with Crippen molar-refractivity contribution in [1.82, 2.24) is 0 Å². The van der Waals surface area contributed by atoms with Gasteiger partial charge in [0.05, 0.1) is 44.1 Å². The Balaban J connectivity index is 2.74. The Kier molecular flexibility index (Phi) is 17.6. The first-order valence-electron chi connectivity index (χ1n) is 9.70. The third-order valence-electron chi connectivity index (χ3n) is 3.48. The van der Waals surface area contributed by atoms with Gasteiger partial charge >= 0.3 is 8.60 Å². The minimum atomic E-state index is -1.86. The number of hydrogen-bond acceptors (Lipinski definition) is 6. The largest absolute Gasteiger partial charge is 0.491 e. The van der Waals surface area contributed by atoms with Gasteiger partial charge in [-0.2, -0.15) is 0 Å². The van der Waals surface area contributed by atoms with E-state index in [-0.39, 0.29) is 37.5 Å². The molecule has 0 amide bonds. The van der Waals surface area contributed by atoms with Gasteiger partial charge in [0, 0.05) is 0 Å². The monoisotopic (exact) mass is 514 g/mol. The zero-order chi connectivity index (χ0) is 22.7. The second kappa shape index (κ2) is 19.1. The van der Waals surface area contributed by atoms with Crippen molar-refractivity contribution in [2.75, 3.05) is 50.7 Å². The molecule has 0 N–H and O–H groups in total. The maximum absolute atomic E-state index is 6.09. The van der Waals surface area contributed by atoms with Crippen molar-refractivity contribution in [3.05, 3.63) is 55.6 Å². The Bertz CT molecular complexity index is 559. The van der Waals surface area contributed by atoms with Crippen molar-refractivity contribution in [3.8, 4) is 5.75 Å². The van der Waals surface area contributed by atoms with E-state index in [2.05, 4.69) is 13.2 Å². The molecule has 3 unspecified atom stereocenters. The molecule has 0 saturated carbocycles. The standard InChI is InChI=1S/C21H30Cl3O6P/c1-3-10-25-15-19(12-22)28-31(29-20(13-23)16-26-11-4-2)30-21(14-24)17-27-18-8-6-5-7-9-18/h3-9,19-21H,1-2,10-17H2. The summed E-state index contributed by atoms with van der Waals surface area (Å²) in [5.74, 6) is 1.26. The van der Waals surface area contributed by atoms with Gasteiger partial charge < -0.3 is 27.8 Å². The second-order valence-electron chi connectivity index (χ2n) is 6.15. The smallest absolute Gasteiger partial charge is 0.333 e. The van der Waals surface area contributed by atoms with E-state index in [1.807, 2.05) is 30.3 Å². The zero-order valence-electron chi connectivity index (χ0n) is 17.4. The Labute approximate surface area is 201 Å². The number of halogens is 3. The maximum atomic E-state index is 6.09. The lowest BCUT2D eigenvalue weighted by atomic mass is 10.3. The van der Waals surface area contributed by atoms with Gasteiger partial charge in [0.1, 0.15) is 30.7 Å². The Morgan fingerprint density at radius 3 is 1.61 bits per heavy atom. The van der Waals surface area contributed by atoms with E-state index in [0.717, 1.165) is 0 Å². The summed E-state index contributed by atoms with van der Waals surface area (Å²) in [5, 5.41) is 0. The van der Waals surface area contributed by atoms with Gasteiger partial charge in [-0.15, -0.1) is 48.0 Å².